The Labute approximate surface area is 171 Å². The number of hydrogen-bond donors (Lipinski definition) is 1. The van der Waals surface area contributed by atoms with Gasteiger partial charge in [-0.1, -0.05) is 51.1 Å². The summed E-state index contributed by atoms with van der Waals surface area (Å²) >= 11 is 0. The van der Waals surface area contributed by atoms with Crippen molar-refractivity contribution in [3.05, 3.63) is 53.9 Å². The number of Topliss-reactive ketones (excluding diaryl/α,β-unsaturated/α-hetero) is 1. The van der Waals surface area contributed by atoms with Crippen molar-refractivity contribution in [1.29, 1.82) is 0 Å². The second-order valence-corrected chi connectivity index (χ2v) is 7.56. The highest BCUT2D eigenvalue weighted by Gasteiger charge is 2.29. The Balaban J connectivity index is 2.05. The number of rotatable bonds is 9. The summed E-state index contributed by atoms with van der Waals surface area (Å²) in [5.74, 6) is -1.40. The lowest BCUT2D eigenvalue weighted by molar-refractivity contribution is -0.154. The zero-order valence-corrected chi connectivity index (χ0v) is 17.6. The highest BCUT2D eigenvalue weighted by atomic mass is 16.5. The Kier molecular flexibility index (Phi) is 7.76. The fourth-order valence-electron chi connectivity index (χ4n) is 3.51. The maximum absolute atomic E-state index is 12.6. The number of nitrogens with zero attached hydrogens (tertiary/aromatic N) is 1. The first-order valence-corrected chi connectivity index (χ1v) is 9.76. The molecule has 0 unspecified atom stereocenters. The zero-order valence-electron chi connectivity index (χ0n) is 17.6. The standard InChI is InChI=1S/C23H29NO5/c1-14(2)20(17-9-7-6-8-10-17)16(4)29-23(27)15(3)13-18(25)21-22(26)19(28-5)11-12-24-21/h6-12,14-16,20,26H,13H2,1-5H3/t15-,16+,20+/m1/s1. The highest BCUT2D eigenvalue weighted by Crippen LogP contribution is 2.31. The summed E-state index contributed by atoms with van der Waals surface area (Å²) in [5, 5.41) is 10.1. The molecule has 0 radical (unpaired) electrons. The number of ketones is 1. The molecule has 0 aliphatic rings. The van der Waals surface area contributed by atoms with E-state index in [4.69, 9.17) is 9.47 Å². The molecule has 1 aromatic carbocycles. The van der Waals surface area contributed by atoms with E-state index in [0.29, 0.717) is 0 Å². The monoisotopic (exact) mass is 399 g/mol. The summed E-state index contributed by atoms with van der Waals surface area (Å²) in [5.41, 5.74) is 0.999. The van der Waals surface area contributed by atoms with E-state index in [0.717, 1.165) is 5.56 Å². The number of benzene rings is 1. The van der Waals surface area contributed by atoms with Crippen molar-refractivity contribution in [2.45, 2.75) is 46.1 Å². The average molecular weight is 399 g/mol. The van der Waals surface area contributed by atoms with Gasteiger partial charge in [-0.3, -0.25) is 9.59 Å². The predicted molar refractivity (Wildman–Crippen MR) is 110 cm³/mol. The molecule has 6 nitrogen and oxygen atoms in total. The molecule has 29 heavy (non-hydrogen) atoms. The summed E-state index contributed by atoms with van der Waals surface area (Å²) in [7, 11) is 1.39. The van der Waals surface area contributed by atoms with Crippen LogP contribution in [0.1, 0.15) is 56.1 Å². The topological polar surface area (TPSA) is 85.7 Å². The fourth-order valence-corrected chi connectivity index (χ4v) is 3.51. The van der Waals surface area contributed by atoms with Gasteiger partial charge in [-0.25, -0.2) is 4.98 Å². The van der Waals surface area contributed by atoms with Gasteiger partial charge in [0.2, 0.25) is 0 Å². The van der Waals surface area contributed by atoms with E-state index in [1.807, 2.05) is 37.3 Å². The van der Waals surface area contributed by atoms with E-state index in [9.17, 15) is 14.7 Å². The SMILES string of the molecule is COc1ccnc(C(=O)C[C@@H](C)C(=O)O[C@@H](C)[C@@H](c2ccccc2)C(C)C)c1O. The van der Waals surface area contributed by atoms with E-state index in [1.165, 1.54) is 19.4 Å². The number of hydrogen-bond acceptors (Lipinski definition) is 6. The van der Waals surface area contributed by atoms with Crippen LogP contribution < -0.4 is 4.74 Å². The molecule has 1 aromatic heterocycles. The van der Waals surface area contributed by atoms with Crippen molar-refractivity contribution in [2.24, 2.45) is 11.8 Å². The van der Waals surface area contributed by atoms with Crippen molar-refractivity contribution < 1.29 is 24.2 Å². The van der Waals surface area contributed by atoms with Gasteiger partial charge in [0.15, 0.2) is 23.0 Å². The van der Waals surface area contributed by atoms with E-state index < -0.39 is 17.7 Å². The minimum atomic E-state index is -0.666. The molecule has 2 rings (SSSR count). The van der Waals surface area contributed by atoms with Crippen LogP contribution in [0.15, 0.2) is 42.6 Å². The van der Waals surface area contributed by atoms with Gasteiger partial charge >= 0.3 is 5.97 Å². The molecule has 0 amide bonds. The van der Waals surface area contributed by atoms with Crippen LogP contribution in [0, 0.1) is 11.8 Å². The Morgan fingerprint density at radius 2 is 1.72 bits per heavy atom. The van der Waals surface area contributed by atoms with Crippen molar-refractivity contribution in [1.82, 2.24) is 4.98 Å². The molecule has 3 atom stereocenters. The maximum atomic E-state index is 12.6. The van der Waals surface area contributed by atoms with Crippen LogP contribution >= 0.6 is 0 Å². The van der Waals surface area contributed by atoms with Crippen molar-refractivity contribution in [3.8, 4) is 11.5 Å². The first-order valence-electron chi connectivity index (χ1n) is 9.76. The third kappa shape index (κ3) is 5.56. The van der Waals surface area contributed by atoms with E-state index >= 15 is 0 Å². The number of carbonyl (C=O) groups is 2. The van der Waals surface area contributed by atoms with E-state index in [1.54, 1.807) is 6.92 Å². The lowest BCUT2D eigenvalue weighted by Crippen LogP contribution is -2.29. The molecule has 0 saturated carbocycles. The third-order valence-corrected chi connectivity index (χ3v) is 4.98. The second-order valence-electron chi connectivity index (χ2n) is 7.56. The number of ether oxygens (including phenoxy) is 2. The van der Waals surface area contributed by atoms with Gasteiger partial charge in [0, 0.05) is 24.6 Å². The summed E-state index contributed by atoms with van der Waals surface area (Å²) in [6, 6.07) is 11.4. The van der Waals surface area contributed by atoms with Crippen LogP contribution in [0.25, 0.3) is 0 Å². The van der Waals surface area contributed by atoms with E-state index in [-0.39, 0.29) is 41.6 Å². The maximum Gasteiger partial charge on any atom is 0.309 e. The Hall–Kier alpha value is -2.89. The fraction of sp³-hybridized carbons (Fsp3) is 0.435. The molecule has 0 fully saturated rings. The van der Waals surface area contributed by atoms with Crippen LogP contribution in [0.5, 0.6) is 11.5 Å². The normalized spacial score (nSPS) is 14.1. The van der Waals surface area contributed by atoms with Crippen LogP contribution in [0.4, 0.5) is 0 Å². The van der Waals surface area contributed by atoms with E-state index in [2.05, 4.69) is 18.8 Å². The lowest BCUT2D eigenvalue weighted by atomic mass is 9.84. The van der Waals surface area contributed by atoms with Crippen molar-refractivity contribution >= 4 is 11.8 Å². The molecular weight excluding hydrogens is 370 g/mol. The molecule has 6 heteroatoms. The molecule has 1 N–H and O–H groups in total. The summed E-state index contributed by atoms with van der Waals surface area (Å²) in [6.45, 7) is 7.69. The largest absolute Gasteiger partial charge is 0.503 e. The first kappa shape index (κ1) is 22.4. The molecule has 156 valence electrons. The summed E-state index contributed by atoms with van der Waals surface area (Å²) in [6.07, 6.45) is 0.923. The predicted octanol–water partition coefficient (Wildman–Crippen LogP) is 4.38. The van der Waals surface area contributed by atoms with Crippen LogP contribution in [-0.2, 0) is 9.53 Å². The van der Waals surface area contributed by atoms with Crippen molar-refractivity contribution in [2.75, 3.05) is 7.11 Å². The van der Waals surface area contributed by atoms with Gasteiger partial charge in [-0.2, -0.15) is 0 Å². The molecular formula is C23H29NO5. The van der Waals surface area contributed by atoms with Gasteiger partial charge in [-0.05, 0) is 18.4 Å². The lowest BCUT2D eigenvalue weighted by Gasteiger charge is -2.28. The molecule has 0 aliphatic heterocycles. The zero-order chi connectivity index (χ0) is 21.6. The molecule has 0 spiro atoms. The highest BCUT2D eigenvalue weighted by molar-refractivity contribution is 5.99. The second kappa shape index (κ2) is 10.0. The molecule has 0 bridgehead atoms. The smallest absolute Gasteiger partial charge is 0.309 e. The number of aromatic hydroxyl groups is 1. The Morgan fingerprint density at radius 3 is 2.31 bits per heavy atom. The molecule has 0 aliphatic carbocycles. The van der Waals surface area contributed by atoms with Gasteiger partial charge in [0.25, 0.3) is 0 Å². The molecule has 2 aromatic rings. The number of esters is 1. The van der Waals surface area contributed by atoms with Gasteiger partial charge in [-0.15, -0.1) is 0 Å². The first-order chi connectivity index (χ1) is 13.8. The third-order valence-electron chi connectivity index (χ3n) is 4.98. The summed E-state index contributed by atoms with van der Waals surface area (Å²) < 4.78 is 10.7. The van der Waals surface area contributed by atoms with Crippen LogP contribution in [0.2, 0.25) is 0 Å². The Bertz CT molecular complexity index is 834. The van der Waals surface area contributed by atoms with Crippen LogP contribution in [-0.4, -0.2) is 35.1 Å². The molecule has 1 heterocycles. The summed E-state index contributed by atoms with van der Waals surface area (Å²) in [4.78, 5) is 29.0. The minimum Gasteiger partial charge on any atom is -0.503 e. The van der Waals surface area contributed by atoms with Crippen LogP contribution in [0.3, 0.4) is 0 Å². The number of aromatic nitrogens is 1. The van der Waals surface area contributed by atoms with Gasteiger partial charge < -0.3 is 14.6 Å². The molecule has 0 saturated heterocycles. The quantitative estimate of drug-likeness (QED) is 0.498. The number of methoxy groups -OCH3 is 1. The van der Waals surface area contributed by atoms with Gasteiger partial charge in [0.1, 0.15) is 6.10 Å². The average Bonchev–Trinajstić information content (AvgIpc) is 2.68. The number of carbonyl (C=O) groups excluding carboxylic acids is 2. The number of pyridine rings is 1. The van der Waals surface area contributed by atoms with Gasteiger partial charge in [0.05, 0.1) is 13.0 Å². The minimum absolute atomic E-state index is 0.0483. The Morgan fingerprint density at radius 1 is 1.07 bits per heavy atom. The van der Waals surface area contributed by atoms with Crippen molar-refractivity contribution in [3.63, 3.8) is 0 Å².